The van der Waals surface area contributed by atoms with Crippen LogP contribution in [0.15, 0.2) is 35.7 Å². The van der Waals surface area contributed by atoms with E-state index in [4.69, 9.17) is 9.47 Å². The minimum absolute atomic E-state index is 0.213. The predicted molar refractivity (Wildman–Crippen MR) is 92.4 cm³/mol. The van der Waals surface area contributed by atoms with Gasteiger partial charge in [0.1, 0.15) is 13.2 Å². The summed E-state index contributed by atoms with van der Waals surface area (Å²) in [6.45, 7) is -0.807. The molecule has 1 amide bonds. The number of hydrogen-bond donors (Lipinski definition) is 2. The highest BCUT2D eigenvalue weighted by Gasteiger charge is 2.27. The maximum atomic E-state index is 12.0. The summed E-state index contributed by atoms with van der Waals surface area (Å²) in [5.74, 6) is 0.417. The van der Waals surface area contributed by atoms with Gasteiger partial charge in [-0.25, -0.2) is 0 Å². The van der Waals surface area contributed by atoms with Gasteiger partial charge in [-0.15, -0.1) is 11.3 Å². The molecular weight excluding hydrogens is 369 g/mol. The zero-order chi connectivity index (χ0) is 19.0. The first-order chi connectivity index (χ1) is 12.4. The fourth-order valence-electron chi connectivity index (χ4n) is 2.07. The van der Waals surface area contributed by atoms with E-state index in [-0.39, 0.29) is 6.54 Å². The molecule has 26 heavy (non-hydrogen) atoms. The molecule has 2 N–H and O–H groups in total. The van der Waals surface area contributed by atoms with Crippen LogP contribution in [0.3, 0.4) is 0 Å². The van der Waals surface area contributed by atoms with E-state index < -0.39 is 18.6 Å². The molecule has 0 aliphatic heterocycles. The second-order valence-electron chi connectivity index (χ2n) is 5.35. The summed E-state index contributed by atoms with van der Waals surface area (Å²) in [5, 5.41) is 6.56. The van der Waals surface area contributed by atoms with E-state index in [1.54, 1.807) is 34.9 Å². The van der Waals surface area contributed by atoms with Crippen LogP contribution in [0, 0.1) is 0 Å². The van der Waals surface area contributed by atoms with Crippen molar-refractivity contribution in [1.82, 2.24) is 10.6 Å². The van der Waals surface area contributed by atoms with Gasteiger partial charge in [-0.1, -0.05) is 12.1 Å². The van der Waals surface area contributed by atoms with Crippen LogP contribution < -0.4 is 20.1 Å². The summed E-state index contributed by atoms with van der Waals surface area (Å²) < 4.78 is 47.1. The fraction of sp³-hybridized carbons (Fsp3) is 0.353. The number of alkyl halides is 3. The van der Waals surface area contributed by atoms with Crippen molar-refractivity contribution in [3.63, 3.8) is 0 Å². The molecule has 1 heterocycles. The van der Waals surface area contributed by atoms with Crippen LogP contribution in [0.25, 0.3) is 0 Å². The van der Waals surface area contributed by atoms with Crippen LogP contribution in [0.4, 0.5) is 13.2 Å². The molecule has 2 rings (SSSR count). The van der Waals surface area contributed by atoms with E-state index >= 15 is 0 Å². The van der Waals surface area contributed by atoms with Gasteiger partial charge in [0.25, 0.3) is 0 Å². The molecule has 0 bridgehead atoms. The smallest absolute Gasteiger partial charge is 0.405 e. The largest absolute Gasteiger partial charge is 0.493 e. The number of carbonyl (C=O) groups excluding carboxylic acids is 1. The molecule has 0 spiro atoms. The average Bonchev–Trinajstić information content (AvgIpc) is 3.11. The zero-order valence-electron chi connectivity index (χ0n) is 14.1. The molecule has 0 aliphatic carbocycles. The number of benzene rings is 1. The number of carbonyl (C=O) groups is 1. The first-order valence-corrected chi connectivity index (χ1v) is 8.61. The minimum atomic E-state index is -4.41. The number of amides is 1. The topological polar surface area (TPSA) is 59.6 Å². The van der Waals surface area contributed by atoms with Crippen molar-refractivity contribution in [1.29, 1.82) is 0 Å². The highest BCUT2D eigenvalue weighted by atomic mass is 32.1. The highest BCUT2D eigenvalue weighted by Crippen LogP contribution is 2.29. The Kier molecular flexibility index (Phi) is 7.28. The number of thiophene rings is 1. The molecule has 0 unspecified atom stereocenters. The Bertz CT molecular complexity index is 706. The van der Waals surface area contributed by atoms with Crippen molar-refractivity contribution in [2.75, 3.05) is 20.2 Å². The van der Waals surface area contributed by atoms with Gasteiger partial charge in [0.05, 0.1) is 13.7 Å². The SMILES string of the molecule is COc1cc(CNCC(=O)NCC(F)(F)F)ccc1OCc1cccs1. The third-order valence-corrected chi connectivity index (χ3v) is 4.13. The van der Waals surface area contributed by atoms with Crippen LogP contribution in [-0.2, 0) is 17.9 Å². The van der Waals surface area contributed by atoms with Gasteiger partial charge >= 0.3 is 6.18 Å². The van der Waals surface area contributed by atoms with Crippen molar-refractivity contribution in [2.45, 2.75) is 19.3 Å². The van der Waals surface area contributed by atoms with Gasteiger partial charge in [-0.3, -0.25) is 4.79 Å². The summed E-state index contributed by atoms with van der Waals surface area (Å²) in [7, 11) is 1.52. The predicted octanol–water partition coefficient (Wildman–Crippen LogP) is 3.10. The lowest BCUT2D eigenvalue weighted by molar-refractivity contribution is -0.137. The monoisotopic (exact) mass is 388 g/mol. The van der Waals surface area contributed by atoms with E-state index in [0.29, 0.717) is 24.7 Å². The number of methoxy groups -OCH3 is 1. The molecule has 0 fully saturated rings. The van der Waals surface area contributed by atoms with Gasteiger partial charge in [0.2, 0.25) is 5.91 Å². The van der Waals surface area contributed by atoms with Crippen molar-refractivity contribution >= 4 is 17.2 Å². The van der Waals surface area contributed by atoms with Crippen LogP contribution in [0.5, 0.6) is 11.5 Å². The molecule has 0 atom stereocenters. The molecule has 1 aromatic heterocycles. The lowest BCUT2D eigenvalue weighted by Crippen LogP contribution is -2.39. The molecule has 142 valence electrons. The molecular formula is C17H19F3N2O3S. The minimum Gasteiger partial charge on any atom is -0.493 e. The number of nitrogens with one attached hydrogen (secondary N) is 2. The lowest BCUT2D eigenvalue weighted by atomic mass is 10.2. The molecule has 5 nitrogen and oxygen atoms in total. The third-order valence-electron chi connectivity index (χ3n) is 3.28. The van der Waals surface area contributed by atoms with E-state index in [0.717, 1.165) is 10.4 Å². The van der Waals surface area contributed by atoms with Gasteiger partial charge in [0.15, 0.2) is 11.5 Å². The summed E-state index contributed by atoms with van der Waals surface area (Å²) >= 11 is 1.59. The molecule has 2 aromatic rings. The van der Waals surface area contributed by atoms with Gasteiger partial charge in [-0.2, -0.15) is 13.2 Å². The second-order valence-corrected chi connectivity index (χ2v) is 6.38. The fourth-order valence-corrected chi connectivity index (χ4v) is 2.68. The summed E-state index contributed by atoms with van der Waals surface area (Å²) in [4.78, 5) is 12.4. The van der Waals surface area contributed by atoms with E-state index in [1.807, 2.05) is 17.5 Å². The lowest BCUT2D eigenvalue weighted by Gasteiger charge is -2.12. The molecule has 0 aliphatic rings. The van der Waals surface area contributed by atoms with Crippen LogP contribution in [-0.4, -0.2) is 32.3 Å². The van der Waals surface area contributed by atoms with Crippen molar-refractivity contribution in [2.24, 2.45) is 0 Å². The Morgan fingerprint density at radius 2 is 2.04 bits per heavy atom. The third kappa shape index (κ3) is 6.93. The molecule has 9 heteroatoms. The zero-order valence-corrected chi connectivity index (χ0v) is 14.9. The maximum absolute atomic E-state index is 12.0. The summed E-state index contributed by atoms with van der Waals surface area (Å²) in [6, 6.07) is 9.23. The number of hydrogen-bond acceptors (Lipinski definition) is 5. The summed E-state index contributed by atoms with van der Waals surface area (Å²) in [6.07, 6.45) is -4.41. The van der Waals surface area contributed by atoms with Crippen molar-refractivity contribution in [3.8, 4) is 11.5 Å². The number of ether oxygens (including phenoxy) is 2. The number of rotatable bonds is 9. The van der Waals surface area contributed by atoms with Crippen molar-refractivity contribution in [3.05, 3.63) is 46.2 Å². The Morgan fingerprint density at radius 1 is 1.23 bits per heavy atom. The first-order valence-electron chi connectivity index (χ1n) is 7.73. The van der Waals surface area contributed by atoms with E-state index in [1.165, 1.54) is 7.11 Å². The maximum Gasteiger partial charge on any atom is 0.405 e. The number of halogens is 3. The Hall–Kier alpha value is -2.26. The first kappa shape index (κ1) is 20.1. The Morgan fingerprint density at radius 3 is 2.69 bits per heavy atom. The quantitative estimate of drug-likeness (QED) is 0.693. The molecule has 0 saturated heterocycles. The second kappa shape index (κ2) is 9.44. The van der Waals surface area contributed by atoms with E-state index in [2.05, 4.69) is 5.32 Å². The van der Waals surface area contributed by atoms with Crippen LogP contribution >= 0.6 is 11.3 Å². The Balaban J connectivity index is 1.81. The Labute approximate surface area is 153 Å². The normalized spacial score (nSPS) is 11.2. The van der Waals surface area contributed by atoms with Gasteiger partial charge in [-0.05, 0) is 29.1 Å². The molecule has 0 radical (unpaired) electrons. The van der Waals surface area contributed by atoms with E-state index in [9.17, 15) is 18.0 Å². The standard InChI is InChI=1S/C17H19F3N2O3S/c1-24-15-7-12(8-21-9-16(23)22-11-17(18,19)20)4-5-14(15)25-10-13-3-2-6-26-13/h2-7,21H,8-11H2,1H3,(H,22,23). The average molecular weight is 388 g/mol. The van der Waals surface area contributed by atoms with Crippen molar-refractivity contribution < 1.29 is 27.4 Å². The summed E-state index contributed by atoms with van der Waals surface area (Å²) in [5.41, 5.74) is 0.814. The van der Waals surface area contributed by atoms with Gasteiger partial charge < -0.3 is 20.1 Å². The van der Waals surface area contributed by atoms with Crippen LogP contribution in [0.2, 0.25) is 0 Å². The van der Waals surface area contributed by atoms with Gasteiger partial charge in [0, 0.05) is 11.4 Å². The molecule has 1 aromatic carbocycles. The highest BCUT2D eigenvalue weighted by molar-refractivity contribution is 7.09. The van der Waals surface area contributed by atoms with Crippen LogP contribution in [0.1, 0.15) is 10.4 Å². The molecule has 0 saturated carbocycles.